The first-order valence-electron chi connectivity index (χ1n) is 8.76. The second kappa shape index (κ2) is 10.6. The Bertz CT molecular complexity index is 593. The Kier molecular flexibility index (Phi) is 8.05. The summed E-state index contributed by atoms with van der Waals surface area (Å²) >= 11 is 0. The summed E-state index contributed by atoms with van der Waals surface area (Å²) in [6.07, 6.45) is 3.29. The van der Waals surface area contributed by atoms with Crippen LogP contribution in [0.1, 0.15) is 36.5 Å². The third-order valence-electron chi connectivity index (χ3n) is 3.94. The number of hydrogen-bond donors (Lipinski definition) is 1. The highest BCUT2D eigenvalue weighted by Crippen LogP contribution is 2.09. The smallest absolute Gasteiger partial charge is 0.305 e. The van der Waals surface area contributed by atoms with Gasteiger partial charge >= 0.3 is 5.97 Å². The normalized spacial score (nSPS) is 10.5. The monoisotopic (exact) mass is 325 g/mol. The molecule has 3 heteroatoms. The Morgan fingerprint density at radius 2 is 1.58 bits per heavy atom. The van der Waals surface area contributed by atoms with Crippen LogP contribution in [0.25, 0.3) is 0 Å². The van der Waals surface area contributed by atoms with E-state index >= 15 is 0 Å². The highest BCUT2D eigenvalue weighted by Gasteiger charge is 2.02. The van der Waals surface area contributed by atoms with Crippen molar-refractivity contribution >= 4 is 5.97 Å². The van der Waals surface area contributed by atoms with Gasteiger partial charge in [-0.2, -0.15) is 0 Å². The molecule has 0 aromatic heterocycles. The quantitative estimate of drug-likeness (QED) is 0.532. The topological polar surface area (TPSA) is 38.3 Å². The first kappa shape index (κ1) is 18.2. The fourth-order valence-electron chi connectivity index (χ4n) is 2.60. The van der Waals surface area contributed by atoms with Crippen molar-refractivity contribution in [2.45, 2.75) is 39.2 Å². The van der Waals surface area contributed by atoms with E-state index in [4.69, 9.17) is 4.74 Å². The van der Waals surface area contributed by atoms with Crippen LogP contribution >= 0.6 is 0 Å². The molecule has 0 aliphatic carbocycles. The van der Waals surface area contributed by atoms with E-state index in [1.807, 2.05) is 13.0 Å². The molecule has 0 aliphatic rings. The second-order valence-corrected chi connectivity index (χ2v) is 5.89. The van der Waals surface area contributed by atoms with Crippen LogP contribution in [0, 0.1) is 0 Å². The van der Waals surface area contributed by atoms with E-state index in [0.717, 1.165) is 32.4 Å². The Labute approximate surface area is 145 Å². The van der Waals surface area contributed by atoms with Crippen LogP contribution in [0.2, 0.25) is 0 Å². The number of rotatable bonds is 10. The van der Waals surface area contributed by atoms with Gasteiger partial charge in [-0.05, 0) is 49.4 Å². The lowest BCUT2D eigenvalue weighted by Gasteiger charge is -2.07. The lowest BCUT2D eigenvalue weighted by atomic mass is 10.0. The van der Waals surface area contributed by atoms with Crippen molar-refractivity contribution in [3.05, 3.63) is 71.3 Å². The fraction of sp³-hybridized carbons (Fsp3) is 0.381. The van der Waals surface area contributed by atoms with E-state index in [0.29, 0.717) is 13.0 Å². The number of nitrogens with one attached hydrogen (secondary N) is 1. The van der Waals surface area contributed by atoms with E-state index in [2.05, 4.69) is 53.8 Å². The molecule has 1 N–H and O–H groups in total. The molecule has 2 rings (SSSR count). The molecule has 2 aromatic carbocycles. The minimum atomic E-state index is -0.0985. The van der Waals surface area contributed by atoms with Gasteiger partial charge in [0.2, 0.25) is 0 Å². The van der Waals surface area contributed by atoms with Crippen molar-refractivity contribution in [1.82, 2.24) is 5.32 Å². The second-order valence-electron chi connectivity index (χ2n) is 5.89. The van der Waals surface area contributed by atoms with E-state index in [9.17, 15) is 4.79 Å². The van der Waals surface area contributed by atoms with Gasteiger partial charge in [0, 0.05) is 13.0 Å². The largest absolute Gasteiger partial charge is 0.466 e. The van der Waals surface area contributed by atoms with Crippen LogP contribution in [0.4, 0.5) is 0 Å². The summed E-state index contributed by atoms with van der Waals surface area (Å²) in [5.41, 5.74) is 3.93. The molecule has 0 saturated heterocycles. The molecule has 0 fully saturated rings. The average molecular weight is 325 g/mol. The van der Waals surface area contributed by atoms with Gasteiger partial charge in [-0.1, -0.05) is 54.6 Å². The average Bonchev–Trinajstić information content (AvgIpc) is 2.61. The molecule has 0 atom stereocenters. The Hall–Kier alpha value is -2.13. The number of carbonyl (C=O) groups excluding carboxylic acids is 1. The molecule has 0 saturated carbocycles. The van der Waals surface area contributed by atoms with Gasteiger partial charge in [0.05, 0.1) is 6.61 Å². The SMILES string of the molecule is CCOC(=O)CCCc1ccc(CCNCc2ccccc2)cc1. The first-order valence-corrected chi connectivity index (χ1v) is 8.76. The van der Waals surface area contributed by atoms with Crippen LogP contribution in [0.5, 0.6) is 0 Å². The lowest BCUT2D eigenvalue weighted by molar-refractivity contribution is -0.143. The molecule has 2 aromatic rings. The first-order chi connectivity index (χ1) is 11.8. The molecular weight excluding hydrogens is 298 g/mol. The van der Waals surface area contributed by atoms with Crippen molar-refractivity contribution in [3.63, 3.8) is 0 Å². The van der Waals surface area contributed by atoms with Crippen LogP contribution < -0.4 is 5.32 Å². The van der Waals surface area contributed by atoms with Crippen LogP contribution in [-0.4, -0.2) is 19.1 Å². The highest BCUT2D eigenvalue weighted by molar-refractivity contribution is 5.69. The van der Waals surface area contributed by atoms with Gasteiger partial charge in [-0.3, -0.25) is 4.79 Å². The van der Waals surface area contributed by atoms with Crippen LogP contribution in [0.3, 0.4) is 0 Å². The number of benzene rings is 2. The van der Waals surface area contributed by atoms with Crippen LogP contribution in [-0.2, 0) is 28.9 Å². The zero-order valence-corrected chi connectivity index (χ0v) is 14.5. The van der Waals surface area contributed by atoms with E-state index in [-0.39, 0.29) is 5.97 Å². The molecule has 0 amide bonds. The maximum atomic E-state index is 11.3. The molecule has 0 bridgehead atoms. The van der Waals surface area contributed by atoms with E-state index < -0.39 is 0 Å². The molecule has 0 spiro atoms. The van der Waals surface area contributed by atoms with Crippen molar-refractivity contribution in [1.29, 1.82) is 0 Å². The summed E-state index contributed by atoms with van der Waals surface area (Å²) in [5.74, 6) is -0.0985. The molecule has 3 nitrogen and oxygen atoms in total. The number of ether oxygens (including phenoxy) is 1. The lowest BCUT2D eigenvalue weighted by Crippen LogP contribution is -2.16. The third-order valence-corrected chi connectivity index (χ3v) is 3.94. The zero-order valence-electron chi connectivity index (χ0n) is 14.5. The number of aryl methyl sites for hydroxylation is 1. The fourth-order valence-corrected chi connectivity index (χ4v) is 2.60. The van der Waals surface area contributed by atoms with Gasteiger partial charge in [0.25, 0.3) is 0 Å². The molecule has 0 heterocycles. The minimum Gasteiger partial charge on any atom is -0.466 e. The highest BCUT2D eigenvalue weighted by atomic mass is 16.5. The Balaban J connectivity index is 1.63. The van der Waals surface area contributed by atoms with E-state index in [1.54, 1.807) is 0 Å². The minimum absolute atomic E-state index is 0.0985. The summed E-state index contributed by atoms with van der Waals surface area (Å²) in [4.78, 5) is 11.3. The van der Waals surface area contributed by atoms with Crippen molar-refractivity contribution < 1.29 is 9.53 Å². The summed E-state index contributed by atoms with van der Waals surface area (Å²) in [7, 11) is 0. The molecule has 0 unspecified atom stereocenters. The maximum absolute atomic E-state index is 11.3. The number of hydrogen-bond acceptors (Lipinski definition) is 3. The standard InChI is InChI=1S/C21H27NO2/c1-2-24-21(23)10-6-9-18-11-13-19(14-12-18)15-16-22-17-20-7-4-3-5-8-20/h3-5,7-8,11-14,22H,2,6,9-10,15-17H2,1H3. The molecule has 128 valence electrons. The van der Waals surface area contributed by atoms with E-state index in [1.165, 1.54) is 16.7 Å². The van der Waals surface area contributed by atoms with Gasteiger partial charge in [0.1, 0.15) is 0 Å². The van der Waals surface area contributed by atoms with Gasteiger partial charge in [0.15, 0.2) is 0 Å². The predicted molar refractivity (Wildman–Crippen MR) is 97.9 cm³/mol. The molecule has 0 aliphatic heterocycles. The molecular formula is C21H27NO2. The summed E-state index contributed by atoms with van der Waals surface area (Å²) in [6, 6.07) is 19.1. The summed E-state index contributed by atoms with van der Waals surface area (Å²) in [6.45, 7) is 4.18. The molecule has 24 heavy (non-hydrogen) atoms. The van der Waals surface area contributed by atoms with Crippen molar-refractivity contribution in [3.8, 4) is 0 Å². The zero-order chi connectivity index (χ0) is 17.0. The van der Waals surface area contributed by atoms with Crippen LogP contribution in [0.15, 0.2) is 54.6 Å². The predicted octanol–water partition coefficient (Wildman–Crippen LogP) is 3.90. The summed E-state index contributed by atoms with van der Waals surface area (Å²) in [5, 5.41) is 3.47. The maximum Gasteiger partial charge on any atom is 0.305 e. The third kappa shape index (κ3) is 6.97. The number of esters is 1. The van der Waals surface area contributed by atoms with Crippen molar-refractivity contribution in [2.24, 2.45) is 0 Å². The summed E-state index contributed by atoms with van der Waals surface area (Å²) < 4.78 is 4.94. The van der Waals surface area contributed by atoms with Gasteiger partial charge < -0.3 is 10.1 Å². The molecule has 0 radical (unpaired) electrons. The Morgan fingerprint density at radius 3 is 2.25 bits per heavy atom. The number of carbonyl (C=O) groups is 1. The van der Waals surface area contributed by atoms with Gasteiger partial charge in [-0.15, -0.1) is 0 Å². The Morgan fingerprint density at radius 1 is 0.917 bits per heavy atom. The van der Waals surface area contributed by atoms with Gasteiger partial charge in [-0.25, -0.2) is 0 Å². The van der Waals surface area contributed by atoms with Crippen molar-refractivity contribution in [2.75, 3.05) is 13.2 Å².